The Bertz CT molecular complexity index is 961. The molecule has 1 unspecified atom stereocenters. The van der Waals surface area contributed by atoms with Gasteiger partial charge in [-0.15, -0.1) is 0 Å². The Kier molecular flexibility index (Phi) is 7.84. The number of rotatable bonds is 6. The molecule has 0 aromatic carbocycles. The predicted octanol–water partition coefficient (Wildman–Crippen LogP) is 5.85. The summed E-state index contributed by atoms with van der Waals surface area (Å²) >= 11 is 18.4. The molecule has 0 saturated heterocycles. The Hall–Kier alpha value is -1.88. The fourth-order valence-corrected chi connectivity index (χ4v) is 3.29. The zero-order chi connectivity index (χ0) is 20.0. The van der Waals surface area contributed by atoms with Crippen LogP contribution in [0.3, 0.4) is 0 Å². The highest BCUT2D eigenvalue weighted by Gasteiger charge is 2.16. The van der Waals surface area contributed by atoms with E-state index in [9.17, 15) is 4.79 Å². The minimum atomic E-state index is -0.297. The molecule has 0 aliphatic rings. The van der Waals surface area contributed by atoms with Gasteiger partial charge in [0.15, 0.2) is 0 Å². The Morgan fingerprint density at radius 3 is 2.74 bits per heavy atom. The van der Waals surface area contributed by atoms with E-state index in [1.165, 1.54) is 4.57 Å². The molecule has 2 aromatic heterocycles. The Morgan fingerprint density at radius 2 is 2.07 bits per heavy atom. The first-order valence-corrected chi connectivity index (χ1v) is 9.50. The van der Waals surface area contributed by atoms with Gasteiger partial charge in [-0.1, -0.05) is 47.8 Å². The third-order valence-electron chi connectivity index (χ3n) is 3.95. The van der Waals surface area contributed by atoms with Crippen molar-refractivity contribution < 1.29 is 0 Å². The van der Waals surface area contributed by atoms with Gasteiger partial charge >= 0.3 is 0 Å². The summed E-state index contributed by atoms with van der Waals surface area (Å²) in [5.41, 5.74) is 2.23. The van der Waals surface area contributed by atoms with Gasteiger partial charge in [-0.05, 0) is 55.5 Å². The average molecular weight is 425 g/mol. The van der Waals surface area contributed by atoms with Crippen LogP contribution in [0.25, 0.3) is 6.20 Å². The Morgan fingerprint density at radius 1 is 1.33 bits per heavy atom. The lowest BCUT2D eigenvalue weighted by Gasteiger charge is -2.16. The number of aryl methyl sites for hydroxylation is 1. The van der Waals surface area contributed by atoms with Crippen LogP contribution in [0.5, 0.6) is 0 Å². The highest BCUT2D eigenvalue weighted by Crippen LogP contribution is 2.26. The van der Waals surface area contributed by atoms with E-state index < -0.39 is 0 Å². The molecule has 2 aromatic rings. The molecule has 0 spiro atoms. The molecule has 0 aliphatic carbocycles. The maximum atomic E-state index is 12.7. The minimum Gasteiger partial charge on any atom is -0.287 e. The second-order valence-electron chi connectivity index (χ2n) is 6.10. The van der Waals surface area contributed by atoms with Gasteiger partial charge in [0, 0.05) is 30.5 Å². The average Bonchev–Trinajstić information content (AvgIpc) is 2.62. The first-order chi connectivity index (χ1) is 12.8. The van der Waals surface area contributed by atoms with E-state index in [0.29, 0.717) is 11.4 Å². The number of nitrogens with zero attached hydrogens (tertiary/aromatic N) is 3. The molecule has 0 saturated carbocycles. The SMILES string of the molecule is C/C=C/N=C(Cl)/C=C/n1c(C)cc(C(C)Cc2cncc(Cl)c2)c(Cl)c1=O. The van der Waals surface area contributed by atoms with Crippen LogP contribution in [-0.4, -0.2) is 14.7 Å². The lowest BCUT2D eigenvalue weighted by molar-refractivity contribution is 0.748. The van der Waals surface area contributed by atoms with Gasteiger partial charge < -0.3 is 0 Å². The van der Waals surface area contributed by atoms with E-state index in [2.05, 4.69) is 9.98 Å². The molecule has 0 fully saturated rings. The van der Waals surface area contributed by atoms with Crippen molar-refractivity contribution in [3.05, 3.63) is 80.1 Å². The Balaban J connectivity index is 2.33. The van der Waals surface area contributed by atoms with E-state index in [-0.39, 0.29) is 21.7 Å². The molecule has 0 bridgehead atoms. The summed E-state index contributed by atoms with van der Waals surface area (Å²) in [4.78, 5) is 20.8. The predicted molar refractivity (Wildman–Crippen MR) is 115 cm³/mol. The Labute approximate surface area is 173 Å². The maximum absolute atomic E-state index is 12.7. The zero-order valence-corrected chi connectivity index (χ0v) is 17.6. The van der Waals surface area contributed by atoms with Crippen molar-refractivity contribution in [1.29, 1.82) is 0 Å². The van der Waals surface area contributed by atoms with Gasteiger partial charge in [0.2, 0.25) is 0 Å². The van der Waals surface area contributed by atoms with Gasteiger partial charge in [-0.3, -0.25) is 14.3 Å². The van der Waals surface area contributed by atoms with Gasteiger partial charge in [0.1, 0.15) is 10.2 Å². The van der Waals surface area contributed by atoms with Crippen LogP contribution in [0.15, 0.2) is 52.7 Å². The zero-order valence-electron chi connectivity index (χ0n) is 15.3. The van der Waals surface area contributed by atoms with Gasteiger partial charge in [-0.25, -0.2) is 4.99 Å². The molecule has 7 heteroatoms. The van der Waals surface area contributed by atoms with Crippen molar-refractivity contribution in [2.45, 2.75) is 33.1 Å². The third-order valence-corrected chi connectivity index (χ3v) is 4.76. The normalized spacial score (nSPS) is 13.6. The molecule has 0 amide bonds. The molecule has 1 atom stereocenters. The number of hydrogen-bond donors (Lipinski definition) is 0. The van der Waals surface area contributed by atoms with E-state index >= 15 is 0 Å². The van der Waals surface area contributed by atoms with Crippen LogP contribution in [0.2, 0.25) is 10.0 Å². The van der Waals surface area contributed by atoms with E-state index in [1.54, 1.807) is 36.9 Å². The van der Waals surface area contributed by atoms with Crippen molar-refractivity contribution in [3.8, 4) is 0 Å². The van der Waals surface area contributed by atoms with Crippen LogP contribution in [0, 0.1) is 6.92 Å². The van der Waals surface area contributed by atoms with Crippen molar-refractivity contribution in [3.63, 3.8) is 0 Å². The number of aliphatic imine (C=N–C) groups is 1. The van der Waals surface area contributed by atoms with Crippen molar-refractivity contribution in [1.82, 2.24) is 9.55 Å². The molecule has 0 aliphatic heterocycles. The van der Waals surface area contributed by atoms with E-state index in [0.717, 1.165) is 16.8 Å². The molecule has 0 N–H and O–H groups in total. The lowest BCUT2D eigenvalue weighted by atomic mass is 9.94. The fourth-order valence-electron chi connectivity index (χ4n) is 2.65. The third kappa shape index (κ3) is 5.80. The molecular formula is C20H20Cl3N3O. The van der Waals surface area contributed by atoms with Crippen LogP contribution in [0.1, 0.15) is 36.6 Å². The summed E-state index contributed by atoms with van der Waals surface area (Å²) in [5, 5.41) is 1.04. The summed E-state index contributed by atoms with van der Waals surface area (Å²) in [5.74, 6) is 0.0302. The van der Waals surface area contributed by atoms with Gasteiger partial charge in [0.05, 0.1) is 5.02 Å². The van der Waals surface area contributed by atoms with Crippen LogP contribution in [-0.2, 0) is 6.42 Å². The molecule has 4 nitrogen and oxygen atoms in total. The van der Waals surface area contributed by atoms with Gasteiger partial charge in [0.25, 0.3) is 5.56 Å². The fraction of sp³-hybridized carbons (Fsp3) is 0.250. The number of pyridine rings is 2. The number of aromatic nitrogens is 2. The number of halogens is 3. The molecule has 2 heterocycles. The summed E-state index contributed by atoms with van der Waals surface area (Å²) < 4.78 is 1.45. The van der Waals surface area contributed by atoms with Crippen molar-refractivity contribution in [2.24, 2.45) is 4.99 Å². The largest absolute Gasteiger partial charge is 0.287 e. The molecule has 142 valence electrons. The first-order valence-electron chi connectivity index (χ1n) is 8.37. The van der Waals surface area contributed by atoms with Crippen LogP contribution >= 0.6 is 34.8 Å². The quantitative estimate of drug-likeness (QED) is 0.546. The molecule has 27 heavy (non-hydrogen) atoms. The highest BCUT2D eigenvalue weighted by molar-refractivity contribution is 6.68. The molecule has 2 rings (SSSR count). The van der Waals surface area contributed by atoms with E-state index in [4.69, 9.17) is 34.8 Å². The number of hydrogen-bond acceptors (Lipinski definition) is 3. The monoisotopic (exact) mass is 423 g/mol. The van der Waals surface area contributed by atoms with Crippen molar-refractivity contribution >= 4 is 46.2 Å². The molecule has 0 radical (unpaired) electrons. The maximum Gasteiger partial charge on any atom is 0.273 e. The van der Waals surface area contributed by atoms with Gasteiger partial charge in [-0.2, -0.15) is 0 Å². The second kappa shape index (κ2) is 9.88. The summed E-state index contributed by atoms with van der Waals surface area (Å²) in [6.07, 6.45) is 10.5. The minimum absolute atomic E-state index is 0.0302. The van der Waals surface area contributed by atoms with Crippen molar-refractivity contribution in [2.75, 3.05) is 0 Å². The lowest BCUT2D eigenvalue weighted by Crippen LogP contribution is -2.21. The standard InChI is InChI=1S/C20H20Cl3N3O/c1-4-6-25-18(22)5-7-26-14(3)9-17(19(23)20(26)27)13(2)8-15-10-16(21)12-24-11-15/h4-7,9-13H,8H2,1-3H3/b6-4+,7-5+,25-18-. The highest BCUT2D eigenvalue weighted by atomic mass is 35.5. The van der Waals surface area contributed by atoms with Crippen LogP contribution in [0.4, 0.5) is 0 Å². The summed E-state index contributed by atoms with van der Waals surface area (Å²) in [7, 11) is 0. The first kappa shape index (κ1) is 21.4. The summed E-state index contributed by atoms with van der Waals surface area (Å²) in [6.45, 7) is 5.70. The number of allylic oxidation sites excluding steroid dienone is 2. The van der Waals surface area contributed by atoms with E-state index in [1.807, 2.05) is 32.9 Å². The second-order valence-corrected chi connectivity index (χ2v) is 7.30. The smallest absolute Gasteiger partial charge is 0.273 e. The summed E-state index contributed by atoms with van der Waals surface area (Å²) in [6, 6.07) is 3.77. The topological polar surface area (TPSA) is 47.2 Å². The van der Waals surface area contributed by atoms with Crippen LogP contribution < -0.4 is 5.56 Å². The molecular weight excluding hydrogens is 405 g/mol.